The molecule has 5 heteroatoms. The first-order valence-electron chi connectivity index (χ1n) is 7.38. The maximum Gasteiger partial charge on any atom is 0.339 e. The number of hydrogen-bond donors (Lipinski definition) is 2. The summed E-state index contributed by atoms with van der Waals surface area (Å²) in [5, 5.41) is 20.9. The van der Waals surface area contributed by atoms with Crippen LogP contribution in [-0.2, 0) is 0 Å². The standard InChI is InChI=1S/C15H23N3O2/c1-4-11-7-5-6-8-12(11)16-14-13(15(19)20)9(2)10(3)17-18-14/h11-12H,4-8H2,1-3H3,(H,16,18)(H,19,20). The first-order chi connectivity index (χ1) is 9.54. The number of aromatic nitrogens is 2. The second-order valence-electron chi connectivity index (χ2n) is 5.64. The van der Waals surface area contributed by atoms with E-state index in [1.807, 2.05) is 0 Å². The normalized spacial score (nSPS) is 22.6. The van der Waals surface area contributed by atoms with Gasteiger partial charge in [-0.15, -0.1) is 5.10 Å². The third-order valence-corrected chi connectivity index (χ3v) is 4.42. The summed E-state index contributed by atoms with van der Waals surface area (Å²) in [6.45, 7) is 5.76. The minimum absolute atomic E-state index is 0.262. The third kappa shape index (κ3) is 2.92. The zero-order chi connectivity index (χ0) is 14.7. The first kappa shape index (κ1) is 14.8. The number of anilines is 1. The van der Waals surface area contributed by atoms with Gasteiger partial charge >= 0.3 is 5.97 Å². The highest BCUT2D eigenvalue weighted by Gasteiger charge is 2.26. The Balaban J connectivity index is 2.28. The number of nitrogens with zero attached hydrogens (tertiary/aromatic N) is 2. The zero-order valence-electron chi connectivity index (χ0n) is 12.4. The maximum absolute atomic E-state index is 11.5. The average molecular weight is 277 g/mol. The second kappa shape index (κ2) is 6.20. The predicted octanol–water partition coefficient (Wildman–Crippen LogP) is 3.17. The van der Waals surface area contributed by atoms with Crippen molar-refractivity contribution in [3.63, 3.8) is 0 Å². The highest BCUT2D eigenvalue weighted by atomic mass is 16.4. The Morgan fingerprint density at radius 3 is 2.65 bits per heavy atom. The van der Waals surface area contributed by atoms with Crippen LogP contribution in [0.3, 0.4) is 0 Å². The Labute approximate surface area is 119 Å². The SMILES string of the molecule is CCC1CCCCC1Nc1nnc(C)c(C)c1C(=O)O. The summed E-state index contributed by atoms with van der Waals surface area (Å²) in [5.41, 5.74) is 1.63. The van der Waals surface area contributed by atoms with E-state index in [-0.39, 0.29) is 5.56 Å². The average Bonchev–Trinajstić information content (AvgIpc) is 2.43. The number of aryl methyl sites for hydroxylation is 1. The smallest absolute Gasteiger partial charge is 0.339 e. The fourth-order valence-electron chi connectivity index (χ4n) is 3.03. The van der Waals surface area contributed by atoms with E-state index in [9.17, 15) is 9.90 Å². The van der Waals surface area contributed by atoms with Crippen LogP contribution >= 0.6 is 0 Å². The number of carbonyl (C=O) groups is 1. The van der Waals surface area contributed by atoms with Gasteiger partial charge in [0, 0.05) is 6.04 Å². The third-order valence-electron chi connectivity index (χ3n) is 4.42. The van der Waals surface area contributed by atoms with Gasteiger partial charge < -0.3 is 10.4 Å². The number of nitrogens with one attached hydrogen (secondary N) is 1. The second-order valence-corrected chi connectivity index (χ2v) is 5.64. The van der Waals surface area contributed by atoms with Gasteiger partial charge in [-0.2, -0.15) is 5.10 Å². The van der Waals surface area contributed by atoms with E-state index in [0.29, 0.717) is 29.0 Å². The molecule has 1 aliphatic carbocycles. The van der Waals surface area contributed by atoms with Crippen molar-refractivity contribution in [1.29, 1.82) is 0 Å². The van der Waals surface area contributed by atoms with E-state index in [1.54, 1.807) is 13.8 Å². The highest BCUT2D eigenvalue weighted by Crippen LogP contribution is 2.30. The topological polar surface area (TPSA) is 75.1 Å². The molecule has 0 bridgehead atoms. The van der Waals surface area contributed by atoms with Crippen molar-refractivity contribution >= 4 is 11.8 Å². The summed E-state index contributed by atoms with van der Waals surface area (Å²) in [7, 11) is 0. The van der Waals surface area contributed by atoms with Crippen LogP contribution in [-0.4, -0.2) is 27.3 Å². The molecule has 20 heavy (non-hydrogen) atoms. The van der Waals surface area contributed by atoms with Crippen molar-refractivity contribution in [3.8, 4) is 0 Å². The van der Waals surface area contributed by atoms with Gasteiger partial charge in [0.1, 0.15) is 5.56 Å². The molecule has 1 aromatic heterocycles. The van der Waals surface area contributed by atoms with Crippen LogP contribution in [0.5, 0.6) is 0 Å². The molecule has 1 aromatic rings. The van der Waals surface area contributed by atoms with E-state index < -0.39 is 5.97 Å². The van der Waals surface area contributed by atoms with Gasteiger partial charge in [0.05, 0.1) is 5.69 Å². The number of carboxylic acid groups (broad SMARTS) is 1. The van der Waals surface area contributed by atoms with E-state index >= 15 is 0 Å². The highest BCUT2D eigenvalue weighted by molar-refractivity contribution is 5.94. The molecule has 0 aromatic carbocycles. The molecule has 0 saturated heterocycles. The van der Waals surface area contributed by atoms with Gasteiger partial charge in [-0.05, 0) is 38.2 Å². The van der Waals surface area contributed by atoms with E-state index in [4.69, 9.17) is 0 Å². The van der Waals surface area contributed by atoms with Gasteiger partial charge in [-0.1, -0.05) is 26.2 Å². The Hall–Kier alpha value is -1.65. The van der Waals surface area contributed by atoms with Crippen LogP contribution in [0.15, 0.2) is 0 Å². The summed E-state index contributed by atoms with van der Waals surface area (Å²) < 4.78 is 0. The van der Waals surface area contributed by atoms with Crippen LogP contribution < -0.4 is 5.32 Å². The largest absolute Gasteiger partial charge is 0.478 e. The van der Waals surface area contributed by atoms with E-state index in [0.717, 1.165) is 12.8 Å². The molecule has 1 heterocycles. The lowest BCUT2D eigenvalue weighted by Crippen LogP contribution is -2.33. The molecule has 2 unspecified atom stereocenters. The van der Waals surface area contributed by atoms with Crippen LogP contribution in [0, 0.1) is 19.8 Å². The van der Waals surface area contributed by atoms with Crippen molar-refractivity contribution in [2.24, 2.45) is 5.92 Å². The van der Waals surface area contributed by atoms with Crippen molar-refractivity contribution in [2.75, 3.05) is 5.32 Å². The molecule has 0 amide bonds. The Morgan fingerprint density at radius 1 is 1.30 bits per heavy atom. The molecule has 110 valence electrons. The number of carboxylic acids is 1. The number of hydrogen-bond acceptors (Lipinski definition) is 4. The fraction of sp³-hybridized carbons (Fsp3) is 0.667. The molecular weight excluding hydrogens is 254 g/mol. The quantitative estimate of drug-likeness (QED) is 0.884. The Morgan fingerprint density at radius 2 is 2.00 bits per heavy atom. The molecule has 2 atom stereocenters. The molecule has 2 N–H and O–H groups in total. The van der Waals surface area contributed by atoms with Gasteiger partial charge in [0.15, 0.2) is 5.82 Å². The maximum atomic E-state index is 11.5. The first-order valence-corrected chi connectivity index (χ1v) is 7.38. The van der Waals surface area contributed by atoms with E-state index in [2.05, 4.69) is 22.4 Å². The number of aromatic carboxylic acids is 1. The summed E-state index contributed by atoms with van der Waals surface area (Å²) in [5.74, 6) is 0.0756. The molecule has 0 aliphatic heterocycles. The minimum atomic E-state index is -0.938. The monoisotopic (exact) mass is 277 g/mol. The molecule has 0 spiro atoms. The summed E-state index contributed by atoms with van der Waals surface area (Å²) in [4.78, 5) is 11.5. The fourth-order valence-corrected chi connectivity index (χ4v) is 3.03. The Bertz CT molecular complexity index is 502. The lowest BCUT2D eigenvalue weighted by molar-refractivity contribution is 0.0696. The van der Waals surface area contributed by atoms with Crippen molar-refractivity contribution in [1.82, 2.24) is 10.2 Å². The lowest BCUT2D eigenvalue weighted by atomic mass is 9.83. The van der Waals surface area contributed by atoms with Crippen LogP contribution in [0.1, 0.15) is 60.6 Å². The summed E-state index contributed by atoms with van der Waals surface area (Å²) >= 11 is 0. The molecule has 0 radical (unpaired) electrons. The molecule has 1 aliphatic rings. The molecular formula is C15H23N3O2. The van der Waals surface area contributed by atoms with Crippen LogP contribution in [0.25, 0.3) is 0 Å². The number of rotatable bonds is 4. The van der Waals surface area contributed by atoms with Crippen molar-refractivity contribution in [2.45, 2.75) is 58.9 Å². The summed E-state index contributed by atoms with van der Waals surface area (Å²) in [6.07, 6.45) is 5.84. The molecule has 5 nitrogen and oxygen atoms in total. The zero-order valence-corrected chi connectivity index (χ0v) is 12.4. The van der Waals surface area contributed by atoms with Crippen molar-refractivity contribution in [3.05, 3.63) is 16.8 Å². The molecule has 1 fully saturated rings. The Kier molecular flexibility index (Phi) is 4.57. The molecule has 1 saturated carbocycles. The lowest BCUT2D eigenvalue weighted by Gasteiger charge is -2.32. The minimum Gasteiger partial charge on any atom is -0.478 e. The summed E-state index contributed by atoms with van der Waals surface area (Å²) in [6, 6.07) is 0.309. The van der Waals surface area contributed by atoms with Gasteiger partial charge in [-0.3, -0.25) is 0 Å². The van der Waals surface area contributed by atoms with Crippen molar-refractivity contribution < 1.29 is 9.90 Å². The van der Waals surface area contributed by atoms with Gasteiger partial charge in [-0.25, -0.2) is 4.79 Å². The predicted molar refractivity (Wildman–Crippen MR) is 78.1 cm³/mol. The van der Waals surface area contributed by atoms with Crippen LogP contribution in [0.2, 0.25) is 0 Å². The van der Waals surface area contributed by atoms with Gasteiger partial charge in [0.25, 0.3) is 0 Å². The molecule has 2 rings (SSSR count). The van der Waals surface area contributed by atoms with Crippen LogP contribution in [0.4, 0.5) is 5.82 Å². The van der Waals surface area contributed by atoms with E-state index in [1.165, 1.54) is 19.3 Å². The van der Waals surface area contributed by atoms with Gasteiger partial charge in [0.2, 0.25) is 0 Å².